The van der Waals surface area contributed by atoms with Gasteiger partial charge in [-0.25, -0.2) is 0 Å². The van der Waals surface area contributed by atoms with Crippen molar-refractivity contribution in [1.82, 2.24) is 5.32 Å². The van der Waals surface area contributed by atoms with Crippen LogP contribution < -0.4 is 10.2 Å². The third kappa shape index (κ3) is 3.31. The maximum Gasteiger partial charge on any atom is 0.251 e. The van der Waals surface area contributed by atoms with Gasteiger partial charge < -0.3 is 10.2 Å². The fraction of sp³-hybridized carbons (Fsp3) is 0.619. The van der Waals surface area contributed by atoms with E-state index in [1.807, 2.05) is 36.9 Å². The second-order valence-corrected chi connectivity index (χ2v) is 7.99. The molecule has 2 aliphatic rings. The van der Waals surface area contributed by atoms with E-state index in [2.05, 4.69) is 19.2 Å². The molecular weight excluding hydrogens is 312 g/mol. The van der Waals surface area contributed by atoms with Crippen LogP contribution in [-0.4, -0.2) is 23.9 Å². The minimum Gasteiger partial charge on any atom is -0.350 e. The van der Waals surface area contributed by atoms with Gasteiger partial charge in [0.05, 0.1) is 0 Å². The van der Waals surface area contributed by atoms with Crippen LogP contribution in [-0.2, 0) is 4.79 Å². The number of nitrogens with zero attached hydrogens (tertiary/aromatic N) is 1. The molecule has 3 rings (SSSR count). The van der Waals surface area contributed by atoms with Gasteiger partial charge in [-0.05, 0) is 74.6 Å². The van der Waals surface area contributed by atoms with Crippen LogP contribution in [0.25, 0.3) is 0 Å². The lowest BCUT2D eigenvalue weighted by atomic mass is 9.74. The van der Waals surface area contributed by atoms with Gasteiger partial charge in [-0.2, -0.15) is 0 Å². The average Bonchev–Trinajstić information content (AvgIpc) is 3.37. The summed E-state index contributed by atoms with van der Waals surface area (Å²) in [6.45, 7) is 10.1. The van der Waals surface area contributed by atoms with Crippen LogP contribution >= 0.6 is 0 Å². The molecule has 3 atom stereocenters. The minimum absolute atomic E-state index is 0.0426. The van der Waals surface area contributed by atoms with Crippen LogP contribution in [0.15, 0.2) is 18.2 Å². The van der Waals surface area contributed by atoms with E-state index < -0.39 is 0 Å². The van der Waals surface area contributed by atoms with E-state index >= 15 is 0 Å². The molecule has 1 N–H and O–H groups in total. The van der Waals surface area contributed by atoms with E-state index in [1.54, 1.807) is 6.92 Å². The quantitative estimate of drug-likeness (QED) is 0.895. The molecule has 3 unspecified atom stereocenters. The fourth-order valence-corrected chi connectivity index (χ4v) is 4.52. The average molecular weight is 342 g/mol. The lowest BCUT2D eigenvalue weighted by Gasteiger charge is -2.45. The predicted molar refractivity (Wildman–Crippen MR) is 101 cm³/mol. The maximum absolute atomic E-state index is 12.5. The Bertz CT molecular complexity index is 678. The Kier molecular flexibility index (Phi) is 4.90. The highest BCUT2D eigenvalue weighted by Crippen LogP contribution is 2.50. The molecule has 2 amide bonds. The van der Waals surface area contributed by atoms with Crippen LogP contribution in [0.3, 0.4) is 0 Å². The molecule has 4 heteroatoms. The van der Waals surface area contributed by atoms with Gasteiger partial charge in [-0.15, -0.1) is 0 Å². The second-order valence-electron chi connectivity index (χ2n) is 7.99. The number of hydrogen-bond acceptors (Lipinski definition) is 2. The van der Waals surface area contributed by atoms with E-state index in [-0.39, 0.29) is 17.9 Å². The molecule has 136 valence electrons. The third-order valence-corrected chi connectivity index (χ3v) is 5.72. The van der Waals surface area contributed by atoms with Crippen molar-refractivity contribution in [3.05, 3.63) is 29.3 Å². The topological polar surface area (TPSA) is 49.4 Å². The van der Waals surface area contributed by atoms with Gasteiger partial charge in [-0.1, -0.05) is 13.8 Å². The first-order chi connectivity index (χ1) is 11.8. The maximum atomic E-state index is 12.5. The molecule has 4 nitrogen and oxygen atoms in total. The highest BCUT2D eigenvalue weighted by atomic mass is 16.2. The molecule has 1 saturated carbocycles. The van der Waals surface area contributed by atoms with Gasteiger partial charge in [0.1, 0.15) is 0 Å². The van der Waals surface area contributed by atoms with Crippen LogP contribution in [0.1, 0.15) is 75.7 Å². The van der Waals surface area contributed by atoms with Gasteiger partial charge in [0.25, 0.3) is 5.91 Å². The number of fused-ring (bicyclic) bond motifs is 1. The van der Waals surface area contributed by atoms with E-state index in [9.17, 15) is 9.59 Å². The lowest BCUT2D eigenvalue weighted by Crippen LogP contribution is -2.50. The molecule has 0 bridgehead atoms. The summed E-state index contributed by atoms with van der Waals surface area (Å²) in [4.78, 5) is 26.9. The standard InChI is InChI=1S/C21H30N2O2/c1-6-17-13(4)20(15-7-8-15)23(14(5)24)19-10-9-16(11-18(17)19)21(25)22-12(2)3/h9-13,15,17,20H,6-8H2,1-5H3,(H,22,25). The molecule has 0 saturated heterocycles. The van der Waals surface area contributed by atoms with Gasteiger partial charge in [-0.3, -0.25) is 9.59 Å². The second kappa shape index (κ2) is 6.81. The van der Waals surface area contributed by atoms with Crippen LogP contribution in [0.4, 0.5) is 5.69 Å². The molecular formula is C21H30N2O2. The predicted octanol–water partition coefficient (Wildman–Crippen LogP) is 4.10. The largest absolute Gasteiger partial charge is 0.350 e. The Morgan fingerprint density at radius 3 is 2.48 bits per heavy atom. The SMILES string of the molecule is CCC1c2cc(C(=O)NC(C)C)ccc2N(C(C)=O)C(C2CC2)C1C. The molecule has 0 radical (unpaired) electrons. The number of rotatable bonds is 4. The number of hydrogen-bond donors (Lipinski definition) is 1. The molecule has 1 heterocycles. The van der Waals surface area contributed by atoms with Gasteiger partial charge in [0.2, 0.25) is 5.91 Å². The smallest absolute Gasteiger partial charge is 0.251 e. The van der Waals surface area contributed by atoms with Crippen molar-refractivity contribution in [2.45, 2.75) is 71.9 Å². The third-order valence-electron chi connectivity index (χ3n) is 5.72. The normalized spacial score (nSPS) is 25.7. The Hall–Kier alpha value is -1.84. The number of carbonyl (C=O) groups excluding carboxylic acids is 2. The fourth-order valence-electron chi connectivity index (χ4n) is 4.52. The minimum atomic E-state index is -0.0426. The molecule has 0 aromatic heterocycles. The van der Waals surface area contributed by atoms with Crippen molar-refractivity contribution in [3.8, 4) is 0 Å². The zero-order valence-corrected chi connectivity index (χ0v) is 16.0. The first-order valence-electron chi connectivity index (χ1n) is 9.59. The summed E-state index contributed by atoms with van der Waals surface area (Å²) in [7, 11) is 0. The monoisotopic (exact) mass is 342 g/mol. The highest BCUT2D eigenvalue weighted by molar-refractivity contribution is 5.98. The molecule has 1 aromatic carbocycles. The molecule has 0 spiro atoms. The summed E-state index contributed by atoms with van der Waals surface area (Å²) >= 11 is 0. The lowest BCUT2D eigenvalue weighted by molar-refractivity contribution is -0.117. The van der Waals surface area contributed by atoms with Crippen LogP contribution in [0.2, 0.25) is 0 Å². The van der Waals surface area contributed by atoms with E-state index in [1.165, 1.54) is 12.8 Å². The van der Waals surface area contributed by atoms with Crippen molar-refractivity contribution in [2.75, 3.05) is 4.90 Å². The Morgan fingerprint density at radius 2 is 1.96 bits per heavy atom. The Balaban J connectivity index is 2.05. The molecule has 1 fully saturated rings. The first kappa shape index (κ1) is 18.0. The number of benzene rings is 1. The van der Waals surface area contributed by atoms with E-state index in [0.29, 0.717) is 29.4 Å². The summed E-state index contributed by atoms with van der Waals surface area (Å²) in [5.74, 6) is 1.50. The number of carbonyl (C=O) groups is 2. The van der Waals surface area contributed by atoms with Crippen LogP contribution in [0.5, 0.6) is 0 Å². The molecule has 1 aliphatic carbocycles. The van der Waals surface area contributed by atoms with Gasteiger partial charge >= 0.3 is 0 Å². The summed E-state index contributed by atoms with van der Waals surface area (Å²) in [5, 5.41) is 2.96. The number of nitrogens with one attached hydrogen (secondary N) is 1. The summed E-state index contributed by atoms with van der Waals surface area (Å²) in [6, 6.07) is 6.26. The van der Waals surface area contributed by atoms with Crippen molar-refractivity contribution in [2.24, 2.45) is 11.8 Å². The van der Waals surface area contributed by atoms with E-state index in [4.69, 9.17) is 0 Å². The summed E-state index contributed by atoms with van der Waals surface area (Å²) in [5.41, 5.74) is 2.85. The van der Waals surface area contributed by atoms with Crippen molar-refractivity contribution < 1.29 is 9.59 Å². The molecule has 1 aliphatic heterocycles. The van der Waals surface area contributed by atoms with Gasteiger partial charge in [0, 0.05) is 30.3 Å². The zero-order chi connectivity index (χ0) is 18.3. The highest BCUT2D eigenvalue weighted by Gasteiger charge is 2.46. The summed E-state index contributed by atoms with van der Waals surface area (Å²) < 4.78 is 0. The number of anilines is 1. The molecule has 25 heavy (non-hydrogen) atoms. The zero-order valence-electron chi connectivity index (χ0n) is 16.0. The Labute approximate surface area is 151 Å². The molecule has 1 aromatic rings. The summed E-state index contributed by atoms with van der Waals surface area (Å²) in [6.07, 6.45) is 3.47. The first-order valence-corrected chi connectivity index (χ1v) is 9.59. The number of amides is 2. The van der Waals surface area contributed by atoms with E-state index in [0.717, 1.165) is 17.7 Å². The van der Waals surface area contributed by atoms with Crippen molar-refractivity contribution >= 4 is 17.5 Å². The Morgan fingerprint density at radius 1 is 1.28 bits per heavy atom. The van der Waals surface area contributed by atoms with Gasteiger partial charge in [0.15, 0.2) is 0 Å². The van der Waals surface area contributed by atoms with Crippen LogP contribution in [0, 0.1) is 11.8 Å². The van der Waals surface area contributed by atoms with Crippen molar-refractivity contribution in [3.63, 3.8) is 0 Å². The van der Waals surface area contributed by atoms with Crippen molar-refractivity contribution in [1.29, 1.82) is 0 Å².